The van der Waals surface area contributed by atoms with Crippen molar-refractivity contribution in [2.45, 2.75) is 30.6 Å². The molecular formula is C15H20ClNO5. The SMILES string of the molecule is OC[C@@H]1[C@@H](O)[C@H](O)[C@@H](O)C(O)N1C/C=C/c1ccccc1Cl. The van der Waals surface area contributed by atoms with Gasteiger partial charge >= 0.3 is 0 Å². The summed E-state index contributed by atoms with van der Waals surface area (Å²) >= 11 is 6.03. The van der Waals surface area contributed by atoms with E-state index >= 15 is 0 Å². The summed E-state index contributed by atoms with van der Waals surface area (Å²) in [5.41, 5.74) is 0.789. The van der Waals surface area contributed by atoms with Crippen LogP contribution in [0.4, 0.5) is 0 Å². The average Bonchev–Trinajstić information content (AvgIpc) is 2.52. The Bertz CT molecular complexity index is 526. The monoisotopic (exact) mass is 329 g/mol. The smallest absolute Gasteiger partial charge is 0.136 e. The van der Waals surface area contributed by atoms with Crippen LogP contribution in [0.2, 0.25) is 5.02 Å². The Morgan fingerprint density at radius 2 is 1.73 bits per heavy atom. The Hall–Kier alpha value is -0.990. The highest BCUT2D eigenvalue weighted by Crippen LogP contribution is 2.23. The van der Waals surface area contributed by atoms with Crippen LogP contribution in [0.1, 0.15) is 5.56 Å². The van der Waals surface area contributed by atoms with Crippen LogP contribution in [0.15, 0.2) is 30.3 Å². The zero-order valence-electron chi connectivity index (χ0n) is 11.8. The van der Waals surface area contributed by atoms with Crippen molar-refractivity contribution in [3.05, 3.63) is 40.9 Å². The molecule has 1 saturated heterocycles. The number of nitrogens with zero attached hydrogens (tertiary/aromatic N) is 1. The predicted octanol–water partition coefficient (Wildman–Crippen LogP) is -0.569. The second-order valence-corrected chi connectivity index (χ2v) is 5.66. The average molecular weight is 330 g/mol. The lowest BCUT2D eigenvalue weighted by molar-refractivity contribution is -0.219. The van der Waals surface area contributed by atoms with Gasteiger partial charge in [-0.1, -0.05) is 42.0 Å². The lowest BCUT2D eigenvalue weighted by Crippen LogP contribution is -2.67. The van der Waals surface area contributed by atoms with Crippen LogP contribution >= 0.6 is 11.6 Å². The van der Waals surface area contributed by atoms with E-state index in [0.29, 0.717) is 5.02 Å². The summed E-state index contributed by atoms with van der Waals surface area (Å²) in [5, 5.41) is 49.2. The fraction of sp³-hybridized carbons (Fsp3) is 0.467. The molecular weight excluding hydrogens is 310 g/mol. The van der Waals surface area contributed by atoms with E-state index in [0.717, 1.165) is 5.56 Å². The molecule has 22 heavy (non-hydrogen) atoms. The predicted molar refractivity (Wildman–Crippen MR) is 82.1 cm³/mol. The Kier molecular flexibility index (Phi) is 5.94. The fourth-order valence-electron chi connectivity index (χ4n) is 2.56. The Morgan fingerprint density at radius 3 is 2.36 bits per heavy atom. The second kappa shape index (κ2) is 7.52. The molecule has 1 aliphatic rings. The number of halogens is 1. The molecule has 5 atom stereocenters. The van der Waals surface area contributed by atoms with Crippen molar-refractivity contribution in [1.29, 1.82) is 0 Å². The van der Waals surface area contributed by atoms with Crippen molar-refractivity contribution in [1.82, 2.24) is 4.90 Å². The maximum absolute atomic E-state index is 10.0. The highest BCUT2D eigenvalue weighted by atomic mass is 35.5. The molecule has 1 unspecified atom stereocenters. The lowest BCUT2D eigenvalue weighted by Gasteiger charge is -2.46. The van der Waals surface area contributed by atoms with Crippen LogP contribution in [-0.2, 0) is 0 Å². The van der Waals surface area contributed by atoms with Gasteiger partial charge in [-0.05, 0) is 11.6 Å². The summed E-state index contributed by atoms with van der Waals surface area (Å²) in [6, 6.07) is 6.34. The first-order valence-electron chi connectivity index (χ1n) is 6.97. The molecule has 1 fully saturated rings. The van der Waals surface area contributed by atoms with E-state index < -0.39 is 37.2 Å². The van der Waals surface area contributed by atoms with Gasteiger partial charge in [0.2, 0.25) is 0 Å². The van der Waals surface area contributed by atoms with E-state index in [4.69, 9.17) is 11.6 Å². The number of aliphatic hydroxyl groups excluding tert-OH is 5. The maximum Gasteiger partial charge on any atom is 0.136 e. The van der Waals surface area contributed by atoms with Gasteiger partial charge in [-0.25, -0.2) is 0 Å². The molecule has 1 heterocycles. The van der Waals surface area contributed by atoms with Crippen LogP contribution in [0.3, 0.4) is 0 Å². The number of rotatable bonds is 4. The lowest BCUT2D eigenvalue weighted by atomic mass is 9.93. The summed E-state index contributed by atoms with van der Waals surface area (Å²) < 4.78 is 0. The summed E-state index contributed by atoms with van der Waals surface area (Å²) in [6.45, 7) is -0.291. The van der Waals surface area contributed by atoms with Crippen LogP contribution in [0, 0.1) is 0 Å². The van der Waals surface area contributed by atoms with Gasteiger partial charge < -0.3 is 25.5 Å². The van der Waals surface area contributed by atoms with Crippen molar-refractivity contribution >= 4 is 17.7 Å². The van der Waals surface area contributed by atoms with E-state index in [1.54, 1.807) is 18.2 Å². The van der Waals surface area contributed by atoms with Gasteiger partial charge in [-0.15, -0.1) is 0 Å². The molecule has 0 radical (unpaired) electrons. The maximum atomic E-state index is 10.0. The second-order valence-electron chi connectivity index (χ2n) is 5.26. The molecule has 1 aromatic carbocycles. The number of benzene rings is 1. The number of piperidine rings is 1. The van der Waals surface area contributed by atoms with Crippen LogP contribution in [0.25, 0.3) is 6.08 Å². The fourth-order valence-corrected chi connectivity index (χ4v) is 2.76. The molecule has 1 aromatic rings. The van der Waals surface area contributed by atoms with Gasteiger partial charge in [0.1, 0.15) is 24.5 Å². The first-order chi connectivity index (χ1) is 10.5. The van der Waals surface area contributed by atoms with Crippen molar-refractivity contribution in [3.63, 3.8) is 0 Å². The van der Waals surface area contributed by atoms with Crippen molar-refractivity contribution < 1.29 is 25.5 Å². The third-order valence-corrected chi connectivity index (χ3v) is 4.22. The molecule has 5 N–H and O–H groups in total. The van der Waals surface area contributed by atoms with Gasteiger partial charge in [0.05, 0.1) is 12.6 Å². The summed E-state index contributed by atoms with van der Waals surface area (Å²) in [7, 11) is 0. The standard InChI is InChI=1S/C15H20ClNO5/c16-10-6-2-1-4-9(10)5-3-7-17-11(8-18)12(19)13(20)14(21)15(17)22/h1-6,11-15,18-22H,7-8H2/b5-3+/t11-,12-,13+,14-,15?/m1/s1. The van der Waals surface area contributed by atoms with Crippen LogP contribution < -0.4 is 0 Å². The molecule has 6 nitrogen and oxygen atoms in total. The summed E-state index contributed by atoms with van der Waals surface area (Å²) in [6.07, 6.45) is -2.30. The third kappa shape index (κ3) is 3.49. The van der Waals surface area contributed by atoms with Gasteiger partial charge in [-0.2, -0.15) is 0 Å². The van der Waals surface area contributed by atoms with E-state index in [1.807, 2.05) is 18.2 Å². The molecule has 7 heteroatoms. The Balaban J connectivity index is 2.11. The van der Waals surface area contributed by atoms with E-state index in [1.165, 1.54) is 4.90 Å². The molecule has 122 valence electrons. The topological polar surface area (TPSA) is 104 Å². The molecule has 1 aliphatic heterocycles. The normalized spacial score (nSPS) is 33.5. The first-order valence-corrected chi connectivity index (χ1v) is 7.35. The number of aliphatic hydroxyl groups is 5. The Morgan fingerprint density at radius 1 is 1.05 bits per heavy atom. The quantitative estimate of drug-likeness (QED) is 0.507. The Labute approximate surface area is 133 Å². The van der Waals surface area contributed by atoms with Gasteiger partial charge in [0.15, 0.2) is 0 Å². The highest BCUT2D eigenvalue weighted by Gasteiger charge is 2.46. The first kappa shape index (κ1) is 17.4. The molecule has 0 spiro atoms. The molecule has 0 aliphatic carbocycles. The largest absolute Gasteiger partial charge is 0.395 e. The van der Waals surface area contributed by atoms with Crippen LogP contribution in [0.5, 0.6) is 0 Å². The van der Waals surface area contributed by atoms with E-state index in [9.17, 15) is 25.5 Å². The number of likely N-dealkylation sites (tertiary alicyclic amines) is 1. The molecule has 0 saturated carbocycles. The molecule has 2 rings (SSSR count). The molecule has 0 aromatic heterocycles. The summed E-state index contributed by atoms with van der Waals surface area (Å²) in [4.78, 5) is 1.33. The van der Waals surface area contributed by atoms with Gasteiger partial charge in [0, 0.05) is 11.6 Å². The number of hydrogen-bond donors (Lipinski definition) is 5. The van der Waals surface area contributed by atoms with E-state index in [-0.39, 0.29) is 6.54 Å². The highest BCUT2D eigenvalue weighted by molar-refractivity contribution is 6.32. The minimum Gasteiger partial charge on any atom is -0.395 e. The zero-order chi connectivity index (χ0) is 16.3. The number of hydrogen-bond acceptors (Lipinski definition) is 6. The molecule has 0 bridgehead atoms. The van der Waals surface area contributed by atoms with Crippen molar-refractivity contribution in [3.8, 4) is 0 Å². The zero-order valence-corrected chi connectivity index (χ0v) is 12.6. The van der Waals surface area contributed by atoms with Crippen LogP contribution in [-0.4, -0.2) is 74.2 Å². The van der Waals surface area contributed by atoms with Gasteiger partial charge in [0.25, 0.3) is 0 Å². The van der Waals surface area contributed by atoms with Crippen molar-refractivity contribution in [2.24, 2.45) is 0 Å². The minimum atomic E-state index is -1.51. The third-order valence-electron chi connectivity index (χ3n) is 3.87. The van der Waals surface area contributed by atoms with Gasteiger partial charge in [-0.3, -0.25) is 4.90 Å². The summed E-state index contributed by atoms with van der Waals surface area (Å²) in [5.74, 6) is 0. The van der Waals surface area contributed by atoms with E-state index in [2.05, 4.69) is 0 Å². The minimum absolute atomic E-state index is 0.165. The van der Waals surface area contributed by atoms with Crippen molar-refractivity contribution in [2.75, 3.05) is 13.2 Å². The molecule has 0 amide bonds.